The SMILES string of the molecule is c1ccc([Si](c2ccccc2)(c2cccc(-n3c4ccccc4c4ccccc43)c2)c2cccc(-n3c4ccccc4c4ccccc43)c2)cc1.c1ccc2c(c1)c1ccccc1n2-c1ccc2sc3ccc(-n4c5ccccc5c5ccccc54)cc3c2c1. The van der Waals surface area contributed by atoms with Crippen LogP contribution in [0.2, 0.25) is 0 Å². The zero-order valence-electron chi connectivity index (χ0n) is 49.0. The normalized spacial score (nSPS) is 12.0. The molecule has 422 valence electrons. The van der Waals surface area contributed by atoms with Gasteiger partial charge >= 0.3 is 0 Å². The van der Waals surface area contributed by atoms with Gasteiger partial charge in [0.25, 0.3) is 0 Å². The molecule has 5 aromatic heterocycles. The Morgan fingerprint density at radius 3 is 0.689 bits per heavy atom. The number of thiophene rings is 1. The summed E-state index contributed by atoms with van der Waals surface area (Å²) in [7, 11) is -2.88. The molecule has 0 bridgehead atoms. The van der Waals surface area contributed by atoms with Gasteiger partial charge in [-0.3, -0.25) is 0 Å². The Morgan fingerprint density at radius 1 is 0.178 bits per heavy atom. The van der Waals surface area contributed by atoms with E-state index in [-0.39, 0.29) is 0 Å². The second-order valence-electron chi connectivity index (χ2n) is 23.5. The largest absolute Gasteiger partial charge is 0.309 e. The van der Waals surface area contributed by atoms with E-state index in [9.17, 15) is 0 Å². The topological polar surface area (TPSA) is 19.7 Å². The summed E-state index contributed by atoms with van der Waals surface area (Å²) in [4.78, 5) is 0. The van der Waals surface area contributed by atoms with Gasteiger partial charge in [0.1, 0.15) is 0 Å². The van der Waals surface area contributed by atoms with Crippen molar-refractivity contribution in [3.8, 4) is 22.7 Å². The van der Waals surface area contributed by atoms with Crippen molar-refractivity contribution in [2.75, 3.05) is 0 Å². The molecule has 0 saturated heterocycles. The van der Waals surface area contributed by atoms with Gasteiger partial charge in [0.15, 0.2) is 8.07 Å². The van der Waals surface area contributed by atoms with Crippen molar-refractivity contribution < 1.29 is 0 Å². The number of fused-ring (bicyclic) bond motifs is 15. The van der Waals surface area contributed by atoms with Crippen molar-refractivity contribution in [2.24, 2.45) is 0 Å². The molecule has 0 fully saturated rings. The fourth-order valence-electron chi connectivity index (χ4n) is 15.0. The Labute approximate surface area is 524 Å². The highest BCUT2D eigenvalue weighted by molar-refractivity contribution is 7.25. The third kappa shape index (κ3) is 7.98. The lowest BCUT2D eigenvalue weighted by Crippen LogP contribution is -2.74. The van der Waals surface area contributed by atoms with E-state index in [0.717, 1.165) is 0 Å². The van der Waals surface area contributed by atoms with Crippen LogP contribution in [0.25, 0.3) is 130 Å². The standard InChI is InChI=1S/C48H34N2Si.C36H22N2S/c1-3-19-37(20-4-1)51(38-21-5-2-6-22-38,39-23-15-17-35(33-39)49-45-29-11-7-25-41(45)42-26-8-12-30-46(42)49)40-24-16-18-36(34-40)50-47-31-13-9-27-43(47)44-28-10-14-32-48(44)50;1-5-13-31-25(9-1)26-10-2-6-14-32(26)37(31)23-17-19-35-29(21-23)30-22-24(18-20-36(30)39-35)38-33-15-7-3-11-27(33)28-12-4-8-16-34(28)38/h1-34H;1-22H. The highest BCUT2D eigenvalue weighted by Crippen LogP contribution is 2.41. The molecule has 0 unspecified atom stereocenters. The molecule has 19 aromatic rings. The Morgan fingerprint density at radius 2 is 0.411 bits per heavy atom. The molecule has 0 saturated carbocycles. The van der Waals surface area contributed by atoms with Crippen LogP contribution in [0, 0.1) is 0 Å². The third-order valence-corrected chi connectivity index (χ3v) is 24.7. The van der Waals surface area contributed by atoms with Gasteiger partial charge in [-0.15, -0.1) is 11.3 Å². The molecule has 0 aliphatic rings. The lowest BCUT2D eigenvalue weighted by molar-refractivity contribution is 1.18. The summed E-state index contributed by atoms with van der Waals surface area (Å²) >= 11 is 1.87. The summed E-state index contributed by atoms with van der Waals surface area (Å²) in [6.45, 7) is 0. The molecule has 6 heteroatoms. The second-order valence-corrected chi connectivity index (χ2v) is 28.4. The van der Waals surface area contributed by atoms with E-state index in [1.54, 1.807) is 0 Å². The van der Waals surface area contributed by atoms with Gasteiger partial charge < -0.3 is 18.3 Å². The number of para-hydroxylation sites is 8. The van der Waals surface area contributed by atoms with Crippen LogP contribution in [0.5, 0.6) is 0 Å². The van der Waals surface area contributed by atoms with E-state index in [0.29, 0.717) is 0 Å². The minimum absolute atomic E-state index is 1.17. The number of rotatable bonds is 8. The Kier molecular flexibility index (Phi) is 12.1. The Hall–Kier alpha value is -11.3. The van der Waals surface area contributed by atoms with Crippen LogP contribution < -0.4 is 20.7 Å². The fourth-order valence-corrected chi connectivity index (χ4v) is 20.8. The maximum absolute atomic E-state index is 2.88. The van der Waals surface area contributed by atoms with Crippen LogP contribution in [-0.2, 0) is 0 Å². The Bertz CT molecular complexity index is 5420. The van der Waals surface area contributed by atoms with Crippen LogP contribution >= 0.6 is 11.3 Å². The summed E-state index contributed by atoms with van der Waals surface area (Å²) in [6.07, 6.45) is 0. The lowest BCUT2D eigenvalue weighted by atomic mass is 10.1. The van der Waals surface area contributed by atoms with Gasteiger partial charge in [-0.25, -0.2) is 0 Å². The molecule has 90 heavy (non-hydrogen) atoms. The van der Waals surface area contributed by atoms with Crippen molar-refractivity contribution in [2.45, 2.75) is 0 Å². The molecule has 0 spiro atoms. The summed E-state index contributed by atoms with van der Waals surface area (Å²) in [6, 6.07) is 125. The first-order valence-corrected chi connectivity index (χ1v) is 33.7. The van der Waals surface area contributed by atoms with E-state index in [4.69, 9.17) is 0 Å². The predicted molar refractivity (Wildman–Crippen MR) is 387 cm³/mol. The zero-order chi connectivity index (χ0) is 59.3. The highest BCUT2D eigenvalue weighted by Gasteiger charge is 2.42. The number of hydrogen-bond donors (Lipinski definition) is 0. The average Bonchev–Trinajstić information content (AvgIpc) is 2.02. The second kappa shape index (κ2) is 21.0. The van der Waals surface area contributed by atoms with E-state index in [2.05, 4.69) is 358 Å². The summed E-state index contributed by atoms with van der Waals surface area (Å²) in [5.41, 5.74) is 14.6. The van der Waals surface area contributed by atoms with Gasteiger partial charge in [-0.2, -0.15) is 0 Å². The highest BCUT2D eigenvalue weighted by atomic mass is 32.1. The predicted octanol–water partition coefficient (Wildman–Crippen LogP) is 19.5. The lowest BCUT2D eigenvalue weighted by Gasteiger charge is -2.35. The molecule has 0 amide bonds. The molecule has 0 aliphatic carbocycles. The van der Waals surface area contributed by atoms with Gasteiger partial charge in [0.2, 0.25) is 0 Å². The van der Waals surface area contributed by atoms with Gasteiger partial charge in [-0.05, 0) is 130 Å². The minimum Gasteiger partial charge on any atom is -0.309 e. The van der Waals surface area contributed by atoms with Crippen molar-refractivity contribution in [1.82, 2.24) is 18.3 Å². The number of nitrogens with zero attached hydrogens (tertiary/aromatic N) is 4. The third-order valence-electron chi connectivity index (χ3n) is 18.8. The summed E-state index contributed by atoms with van der Waals surface area (Å²) in [5.74, 6) is 0. The first kappa shape index (κ1) is 51.9. The quantitative estimate of drug-likeness (QED) is 0.107. The van der Waals surface area contributed by atoms with Gasteiger partial charge in [-0.1, -0.05) is 231 Å². The molecule has 0 atom stereocenters. The van der Waals surface area contributed by atoms with E-state index >= 15 is 0 Å². The molecule has 4 nitrogen and oxygen atoms in total. The monoisotopic (exact) mass is 1180 g/mol. The number of benzene rings is 14. The average molecular weight is 1180 g/mol. The molecule has 19 rings (SSSR count). The first-order chi connectivity index (χ1) is 44.7. The van der Waals surface area contributed by atoms with Crippen LogP contribution in [-0.4, -0.2) is 26.3 Å². The molecule has 0 aliphatic heterocycles. The maximum atomic E-state index is 2.47. The van der Waals surface area contributed by atoms with Crippen LogP contribution in [0.4, 0.5) is 0 Å². The molecule has 0 N–H and O–H groups in total. The summed E-state index contributed by atoms with van der Waals surface area (Å²) < 4.78 is 12.3. The van der Waals surface area contributed by atoms with Crippen LogP contribution in [0.1, 0.15) is 0 Å². The van der Waals surface area contributed by atoms with E-state index in [1.165, 1.54) is 151 Å². The van der Waals surface area contributed by atoms with Crippen molar-refractivity contribution in [1.29, 1.82) is 0 Å². The smallest absolute Gasteiger partial charge is 0.179 e. The van der Waals surface area contributed by atoms with Crippen LogP contribution in [0.3, 0.4) is 0 Å². The molecule has 5 heterocycles. The van der Waals surface area contributed by atoms with Crippen molar-refractivity contribution >= 4 is 148 Å². The summed E-state index contributed by atoms with van der Waals surface area (Å²) in [5, 5.41) is 18.2. The van der Waals surface area contributed by atoms with E-state index < -0.39 is 8.07 Å². The van der Waals surface area contributed by atoms with Crippen molar-refractivity contribution in [3.63, 3.8) is 0 Å². The Balaban J connectivity index is 0.000000139. The van der Waals surface area contributed by atoms with Gasteiger partial charge in [0, 0.05) is 86.0 Å². The zero-order valence-corrected chi connectivity index (χ0v) is 50.8. The molecule has 0 radical (unpaired) electrons. The van der Waals surface area contributed by atoms with Gasteiger partial charge in [0.05, 0.1) is 44.1 Å². The maximum Gasteiger partial charge on any atom is 0.179 e. The minimum atomic E-state index is -2.88. The molecular weight excluding hydrogens is 1130 g/mol. The van der Waals surface area contributed by atoms with Crippen LogP contribution in [0.15, 0.2) is 340 Å². The number of aromatic nitrogens is 4. The first-order valence-electron chi connectivity index (χ1n) is 30.9. The molecule has 14 aromatic carbocycles. The molecular formula is C84H56N4SSi. The van der Waals surface area contributed by atoms with Crippen molar-refractivity contribution in [3.05, 3.63) is 340 Å². The van der Waals surface area contributed by atoms with E-state index in [1.807, 2.05) is 11.3 Å². The fraction of sp³-hybridized carbons (Fsp3) is 0. The number of hydrogen-bond acceptors (Lipinski definition) is 1.